The van der Waals surface area contributed by atoms with Crippen molar-refractivity contribution in [2.24, 2.45) is 0 Å². The van der Waals surface area contributed by atoms with Crippen molar-refractivity contribution in [3.05, 3.63) is 28.8 Å². The van der Waals surface area contributed by atoms with Gasteiger partial charge in [-0.05, 0) is 17.7 Å². The van der Waals surface area contributed by atoms with E-state index in [-0.39, 0.29) is 6.04 Å². The molecule has 0 amide bonds. The van der Waals surface area contributed by atoms with Gasteiger partial charge < -0.3 is 10.2 Å². The number of hydrogen-bond donors (Lipinski definition) is 1. The van der Waals surface area contributed by atoms with E-state index in [0.29, 0.717) is 6.42 Å². The predicted molar refractivity (Wildman–Crippen MR) is 83.2 cm³/mol. The van der Waals surface area contributed by atoms with E-state index in [4.69, 9.17) is 16.9 Å². The van der Waals surface area contributed by atoms with Crippen molar-refractivity contribution >= 4 is 17.3 Å². The standard InChI is InChI=1S/C15H21ClN4/c1-19(2)12-3-4-13(14(16)11-12)15(5-6-17)20-9-7-18-8-10-20/h3-4,11,15,18H,5,7-10H2,1-2H3/t15-/m0/s1. The van der Waals surface area contributed by atoms with Crippen molar-refractivity contribution in [3.8, 4) is 6.07 Å². The van der Waals surface area contributed by atoms with Gasteiger partial charge in [-0.3, -0.25) is 4.90 Å². The minimum atomic E-state index is 0.0887. The van der Waals surface area contributed by atoms with Crippen LogP contribution in [0.1, 0.15) is 18.0 Å². The van der Waals surface area contributed by atoms with Crippen molar-refractivity contribution in [1.82, 2.24) is 10.2 Å². The maximum atomic E-state index is 9.12. The number of anilines is 1. The molecule has 5 heteroatoms. The molecule has 1 aliphatic rings. The number of nitrogens with one attached hydrogen (secondary N) is 1. The van der Waals surface area contributed by atoms with Crippen LogP contribution in [0.3, 0.4) is 0 Å². The Balaban J connectivity index is 2.27. The van der Waals surface area contributed by atoms with Crippen molar-refractivity contribution in [2.75, 3.05) is 45.2 Å². The fraction of sp³-hybridized carbons (Fsp3) is 0.533. The second-order valence-corrected chi connectivity index (χ2v) is 5.67. The summed E-state index contributed by atoms with van der Waals surface area (Å²) in [5, 5.41) is 13.2. The number of benzene rings is 1. The first-order valence-corrected chi connectivity index (χ1v) is 7.29. The van der Waals surface area contributed by atoms with Gasteiger partial charge in [-0.15, -0.1) is 0 Å². The highest BCUT2D eigenvalue weighted by Gasteiger charge is 2.24. The van der Waals surface area contributed by atoms with Gasteiger partial charge in [0.15, 0.2) is 0 Å². The molecule has 0 saturated carbocycles. The summed E-state index contributed by atoms with van der Waals surface area (Å²) in [4.78, 5) is 4.37. The first kappa shape index (κ1) is 15.1. The number of piperazine rings is 1. The van der Waals surface area contributed by atoms with E-state index < -0.39 is 0 Å². The third-order valence-corrected chi connectivity index (χ3v) is 4.06. The molecule has 0 unspecified atom stereocenters. The van der Waals surface area contributed by atoms with Crippen LogP contribution in [0.15, 0.2) is 18.2 Å². The van der Waals surface area contributed by atoms with Crippen LogP contribution in [0, 0.1) is 11.3 Å². The highest BCUT2D eigenvalue weighted by molar-refractivity contribution is 6.31. The fourth-order valence-electron chi connectivity index (χ4n) is 2.58. The Kier molecular flexibility index (Phi) is 5.24. The molecule has 1 fully saturated rings. The molecule has 1 saturated heterocycles. The van der Waals surface area contributed by atoms with Crippen molar-refractivity contribution < 1.29 is 0 Å². The third-order valence-electron chi connectivity index (χ3n) is 3.74. The number of hydrogen-bond acceptors (Lipinski definition) is 4. The number of rotatable bonds is 4. The van der Waals surface area contributed by atoms with Gasteiger partial charge in [-0.2, -0.15) is 5.26 Å². The highest BCUT2D eigenvalue weighted by Crippen LogP contribution is 2.32. The molecule has 1 aromatic rings. The highest BCUT2D eigenvalue weighted by atomic mass is 35.5. The molecule has 0 bridgehead atoms. The largest absolute Gasteiger partial charge is 0.378 e. The lowest BCUT2D eigenvalue weighted by atomic mass is 10.0. The molecular weight excluding hydrogens is 272 g/mol. The Morgan fingerprint density at radius 1 is 1.40 bits per heavy atom. The van der Waals surface area contributed by atoms with Crippen LogP contribution in [0.4, 0.5) is 5.69 Å². The normalized spacial score (nSPS) is 17.5. The van der Waals surface area contributed by atoms with E-state index in [1.54, 1.807) is 0 Å². The molecule has 0 aromatic heterocycles. The summed E-state index contributed by atoms with van der Waals surface area (Å²) in [7, 11) is 3.99. The maximum Gasteiger partial charge on any atom is 0.0641 e. The van der Waals surface area contributed by atoms with E-state index in [0.717, 1.165) is 42.5 Å². The Bertz CT molecular complexity index is 489. The van der Waals surface area contributed by atoms with Gasteiger partial charge in [0.2, 0.25) is 0 Å². The van der Waals surface area contributed by atoms with E-state index in [1.807, 2.05) is 25.1 Å². The fourth-order valence-corrected chi connectivity index (χ4v) is 2.88. The summed E-state index contributed by atoms with van der Waals surface area (Å²) in [6.45, 7) is 3.85. The molecule has 1 atom stereocenters. The van der Waals surface area contributed by atoms with Crippen LogP contribution in [0.5, 0.6) is 0 Å². The second kappa shape index (κ2) is 6.94. The lowest BCUT2D eigenvalue weighted by Crippen LogP contribution is -2.45. The van der Waals surface area contributed by atoms with Crippen LogP contribution >= 0.6 is 11.6 Å². The number of nitrogens with zero attached hydrogens (tertiary/aromatic N) is 3. The average molecular weight is 293 g/mol. The smallest absolute Gasteiger partial charge is 0.0641 e. The maximum absolute atomic E-state index is 9.12. The Labute approximate surface area is 125 Å². The van der Waals surface area contributed by atoms with Crippen LogP contribution in [0.2, 0.25) is 5.02 Å². The molecule has 1 heterocycles. The quantitative estimate of drug-likeness (QED) is 0.924. The van der Waals surface area contributed by atoms with Crippen molar-refractivity contribution in [1.29, 1.82) is 5.26 Å². The van der Waals surface area contributed by atoms with Gasteiger partial charge in [0, 0.05) is 57.0 Å². The van der Waals surface area contributed by atoms with Crippen LogP contribution in [-0.4, -0.2) is 45.2 Å². The minimum absolute atomic E-state index is 0.0887. The summed E-state index contributed by atoms with van der Waals surface area (Å²) in [6.07, 6.45) is 0.473. The summed E-state index contributed by atoms with van der Waals surface area (Å²) < 4.78 is 0. The molecule has 1 N–H and O–H groups in total. The average Bonchev–Trinajstić information content (AvgIpc) is 2.46. The number of halogens is 1. The van der Waals surface area contributed by atoms with Crippen LogP contribution < -0.4 is 10.2 Å². The van der Waals surface area contributed by atoms with E-state index in [1.165, 1.54) is 0 Å². The van der Waals surface area contributed by atoms with Crippen LogP contribution in [0.25, 0.3) is 0 Å². The minimum Gasteiger partial charge on any atom is -0.378 e. The van der Waals surface area contributed by atoms with E-state index in [9.17, 15) is 0 Å². The van der Waals surface area contributed by atoms with Gasteiger partial charge in [0.25, 0.3) is 0 Å². The topological polar surface area (TPSA) is 42.3 Å². The first-order valence-electron chi connectivity index (χ1n) is 6.92. The molecule has 4 nitrogen and oxygen atoms in total. The zero-order chi connectivity index (χ0) is 14.5. The summed E-state index contributed by atoms with van der Waals surface area (Å²) in [5.41, 5.74) is 2.13. The summed E-state index contributed by atoms with van der Waals surface area (Å²) in [5.74, 6) is 0. The van der Waals surface area contributed by atoms with Gasteiger partial charge >= 0.3 is 0 Å². The van der Waals surface area contributed by atoms with Gasteiger partial charge in [-0.1, -0.05) is 17.7 Å². The molecule has 20 heavy (non-hydrogen) atoms. The molecule has 1 aliphatic heterocycles. The lowest BCUT2D eigenvalue weighted by Gasteiger charge is -2.34. The van der Waals surface area contributed by atoms with Gasteiger partial charge in [0.1, 0.15) is 0 Å². The van der Waals surface area contributed by atoms with Crippen LogP contribution in [-0.2, 0) is 0 Å². The molecule has 108 valence electrons. The molecule has 0 spiro atoms. The zero-order valence-corrected chi connectivity index (χ0v) is 12.8. The Morgan fingerprint density at radius 3 is 2.65 bits per heavy atom. The lowest BCUT2D eigenvalue weighted by molar-refractivity contribution is 0.175. The van der Waals surface area contributed by atoms with Crippen molar-refractivity contribution in [2.45, 2.75) is 12.5 Å². The predicted octanol–water partition coefficient (Wildman–Crippen LogP) is 2.27. The SMILES string of the molecule is CN(C)c1ccc([C@H](CC#N)N2CCNCC2)c(Cl)c1. The van der Waals surface area contributed by atoms with E-state index in [2.05, 4.69) is 28.4 Å². The molecule has 0 radical (unpaired) electrons. The molecule has 1 aromatic carbocycles. The second-order valence-electron chi connectivity index (χ2n) is 5.26. The van der Waals surface area contributed by atoms with E-state index >= 15 is 0 Å². The summed E-state index contributed by atoms with van der Waals surface area (Å²) >= 11 is 6.44. The zero-order valence-electron chi connectivity index (χ0n) is 12.1. The Morgan fingerprint density at radius 2 is 2.10 bits per heavy atom. The molecule has 2 rings (SSSR count). The Hall–Kier alpha value is -1.28. The first-order chi connectivity index (χ1) is 9.63. The van der Waals surface area contributed by atoms with Gasteiger partial charge in [0.05, 0.1) is 12.5 Å². The van der Waals surface area contributed by atoms with Gasteiger partial charge in [-0.25, -0.2) is 0 Å². The molecule has 0 aliphatic carbocycles. The number of nitriles is 1. The van der Waals surface area contributed by atoms with Crippen molar-refractivity contribution in [3.63, 3.8) is 0 Å². The summed E-state index contributed by atoms with van der Waals surface area (Å²) in [6, 6.07) is 8.48. The third kappa shape index (κ3) is 3.43. The molecular formula is C15H21ClN4. The monoisotopic (exact) mass is 292 g/mol.